The topological polar surface area (TPSA) is 64.9 Å². The van der Waals surface area contributed by atoms with Gasteiger partial charge in [0.2, 0.25) is 5.95 Å². The molecule has 1 aliphatic rings. The second kappa shape index (κ2) is 5.93. The number of tetrazole rings is 1. The summed E-state index contributed by atoms with van der Waals surface area (Å²) >= 11 is 5.28. The Kier molecular flexibility index (Phi) is 3.78. The van der Waals surface area contributed by atoms with Crippen molar-refractivity contribution >= 4 is 33.2 Å². The summed E-state index contributed by atoms with van der Waals surface area (Å²) in [6.07, 6.45) is 0.853. The first-order valence-corrected chi connectivity index (χ1v) is 8.85. The van der Waals surface area contributed by atoms with Gasteiger partial charge in [-0.05, 0) is 46.5 Å². The molecule has 3 heterocycles. The predicted octanol–water partition coefficient (Wildman–Crippen LogP) is 3.65. The molecule has 6 nitrogen and oxygen atoms in total. The van der Waals surface area contributed by atoms with Crippen molar-refractivity contribution in [3.05, 3.63) is 50.6 Å². The smallest absolute Gasteiger partial charge is 0.244 e. The molecule has 0 saturated heterocycles. The number of aromatic nitrogens is 4. The Labute approximate surface area is 145 Å². The van der Waals surface area contributed by atoms with E-state index in [0.717, 1.165) is 22.2 Å². The van der Waals surface area contributed by atoms with Crippen LogP contribution in [0.1, 0.15) is 28.9 Å². The van der Waals surface area contributed by atoms with Gasteiger partial charge in [-0.15, -0.1) is 11.3 Å². The summed E-state index contributed by atoms with van der Waals surface area (Å²) in [6.45, 7) is 0. The molecule has 8 heteroatoms. The fourth-order valence-corrected chi connectivity index (χ4v) is 4.11. The molecule has 118 valence electrons. The molecule has 4 rings (SSSR count). The first kappa shape index (κ1) is 14.6. The minimum atomic E-state index is 0.0146. The molecule has 2 atom stereocenters. The zero-order valence-electron chi connectivity index (χ0n) is 12.3. The van der Waals surface area contributed by atoms with Crippen LogP contribution in [0, 0.1) is 0 Å². The van der Waals surface area contributed by atoms with Gasteiger partial charge in [-0.3, -0.25) is 0 Å². The Bertz CT molecular complexity index is 819. The summed E-state index contributed by atoms with van der Waals surface area (Å²) in [5.74, 6) is 1.52. The fraction of sp³-hybridized carbons (Fsp3) is 0.267. The lowest BCUT2D eigenvalue weighted by Crippen LogP contribution is -2.28. The number of ether oxygens (including phenoxy) is 1. The highest BCUT2D eigenvalue weighted by Gasteiger charge is 2.32. The van der Waals surface area contributed by atoms with Crippen molar-refractivity contribution < 1.29 is 4.74 Å². The van der Waals surface area contributed by atoms with Crippen molar-refractivity contribution in [2.45, 2.75) is 18.5 Å². The summed E-state index contributed by atoms with van der Waals surface area (Å²) in [7, 11) is 1.69. The van der Waals surface area contributed by atoms with Gasteiger partial charge in [0.25, 0.3) is 0 Å². The molecule has 0 fully saturated rings. The molecule has 23 heavy (non-hydrogen) atoms. The van der Waals surface area contributed by atoms with Crippen LogP contribution in [0.5, 0.6) is 5.75 Å². The van der Waals surface area contributed by atoms with Gasteiger partial charge in [0.15, 0.2) is 0 Å². The van der Waals surface area contributed by atoms with Gasteiger partial charge in [0, 0.05) is 14.9 Å². The number of rotatable bonds is 3. The molecule has 0 bridgehead atoms. The van der Waals surface area contributed by atoms with Crippen LogP contribution < -0.4 is 10.1 Å². The summed E-state index contributed by atoms with van der Waals surface area (Å²) in [4.78, 5) is 1.28. The third kappa shape index (κ3) is 2.61. The van der Waals surface area contributed by atoms with Crippen LogP contribution in [0.15, 0.2) is 40.2 Å². The Morgan fingerprint density at radius 2 is 2.30 bits per heavy atom. The molecular weight excluding hydrogens is 378 g/mol. The Morgan fingerprint density at radius 1 is 1.39 bits per heavy atom. The lowest BCUT2D eigenvalue weighted by atomic mass is 9.96. The molecular formula is C15H14BrN5OS. The minimum Gasteiger partial charge on any atom is -0.496 e. The van der Waals surface area contributed by atoms with Gasteiger partial charge in [0.05, 0.1) is 19.2 Å². The monoisotopic (exact) mass is 391 g/mol. The number of hydrogen-bond acceptors (Lipinski definition) is 6. The molecule has 0 radical (unpaired) electrons. The lowest BCUT2D eigenvalue weighted by Gasteiger charge is -2.31. The van der Waals surface area contributed by atoms with Crippen molar-refractivity contribution in [3.8, 4) is 5.75 Å². The van der Waals surface area contributed by atoms with Crippen molar-refractivity contribution in [2.75, 3.05) is 12.4 Å². The van der Waals surface area contributed by atoms with Gasteiger partial charge < -0.3 is 10.1 Å². The first-order valence-electron chi connectivity index (χ1n) is 7.17. The molecule has 1 aromatic carbocycles. The van der Waals surface area contributed by atoms with Crippen LogP contribution in [-0.4, -0.2) is 27.3 Å². The van der Waals surface area contributed by atoms with Crippen LogP contribution in [0.4, 0.5) is 5.95 Å². The van der Waals surface area contributed by atoms with Gasteiger partial charge in [-0.2, -0.15) is 0 Å². The van der Waals surface area contributed by atoms with Crippen LogP contribution in [0.3, 0.4) is 0 Å². The average Bonchev–Trinajstić information content (AvgIpc) is 3.25. The van der Waals surface area contributed by atoms with Crippen LogP contribution in [0.2, 0.25) is 0 Å². The van der Waals surface area contributed by atoms with Crippen molar-refractivity contribution in [2.24, 2.45) is 0 Å². The molecule has 3 aromatic rings. The molecule has 2 aromatic heterocycles. The first-order chi connectivity index (χ1) is 11.3. The molecule has 1 aliphatic heterocycles. The summed E-state index contributed by atoms with van der Waals surface area (Å²) in [5, 5.41) is 17.6. The molecule has 1 N–H and O–H groups in total. The number of hydrogen-bond donors (Lipinski definition) is 1. The number of thiophene rings is 1. The highest BCUT2D eigenvalue weighted by Crippen LogP contribution is 2.41. The minimum absolute atomic E-state index is 0.0146. The van der Waals surface area contributed by atoms with Crippen molar-refractivity contribution in [3.63, 3.8) is 0 Å². The Morgan fingerprint density at radius 3 is 3.09 bits per heavy atom. The summed E-state index contributed by atoms with van der Waals surface area (Å²) < 4.78 is 8.39. The zero-order valence-corrected chi connectivity index (χ0v) is 14.7. The van der Waals surface area contributed by atoms with Crippen molar-refractivity contribution in [1.82, 2.24) is 20.2 Å². The number of fused-ring (bicyclic) bond motifs is 1. The lowest BCUT2D eigenvalue weighted by molar-refractivity contribution is 0.378. The molecule has 0 spiro atoms. The molecule has 0 unspecified atom stereocenters. The number of halogens is 1. The average molecular weight is 392 g/mol. The van der Waals surface area contributed by atoms with E-state index >= 15 is 0 Å². The van der Waals surface area contributed by atoms with Gasteiger partial charge in [-0.25, -0.2) is 4.68 Å². The van der Waals surface area contributed by atoms with Crippen LogP contribution in [0.25, 0.3) is 0 Å². The summed E-state index contributed by atoms with van der Waals surface area (Å²) in [6, 6.07) is 10.4. The van der Waals surface area contributed by atoms with Crippen molar-refractivity contribution in [1.29, 1.82) is 0 Å². The zero-order chi connectivity index (χ0) is 15.8. The van der Waals surface area contributed by atoms with E-state index in [1.54, 1.807) is 18.4 Å². The van der Waals surface area contributed by atoms with E-state index in [1.807, 2.05) is 16.8 Å². The largest absolute Gasteiger partial charge is 0.496 e. The quantitative estimate of drug-likeness (QED) is 0.737. The maximum Gasteiger partial charge on any atom is 0.244 e. The third-order valence-electron chi connectivity index (χ3n) is 3.99. The standard InChI is InChI=1S/C15H14BrN5OS/c1-22-13-5-4-9(16)7-10(13)12-8-11(14-3-2-6-23-14)17-15-18-19-20-21(12)15/h2-7,11-12H,8H2,1H3,(H,17,18,20)/t11-,12+/m0/s1. The van der Waals surface area contributed by atoms with Gasteiger partial charge >= 0.3 is 0 Å². The van der Waals surface area contributed by atoms with E-state index in [4.69, 9.17) is 4.74 Å². The SMILES string of the molecule is COc1ccc(Br)cc1[C@H]1C[C@@H](c2cccs2)Nc2nnnn21. The number of nitrogens with one attached hydrogen (secondary N) is 1. The van der Waals surface area contributed by atoms with Crippen LogP contribution >= 0.6 is 27.3 Å². The van der Waals surface area contributed by atoms with E-state index in [0.29, 0.717) is 5.95 Å². The Balaban J connectivity index is 1.80. The van der Waals surface area contributed by atoms with Gasteiger partial charge in [0.1, 0.15) is 5.75 Å². The van der Waals surface area contributed by atoms with E-state index in [1.165, 1.54) is 4.88 Å². The normalized spacial score (nSPS) is 19.9. The van der Waals surface area contributed by atoms with E-state index in [2.05, 4.69) is 60.4 Å². The van der Waals surface area contributed by atoms with Gasteiger partial charge in [-0.1, -0.05) is 27.1 Å². The second-order valence-corrected chi connectivity index (χ2v) is 7.19. The third-order valence-corrected chi connectivity index (χ3v) is 5.47. The molecule has 0 aliphatic carbocycles. The van der Waals surface area contributed by atoms with E-state index < -0.39 is 0 Å². The number of nitrogens with zero attached hydrogens (tertiary/aromatic N) is 4. The van der Waals surface area contributed by atoms with Crippen LogP contribution in [-0.2, 0) is 0 Å². The maximum absolute atomic E-state index is 5.55. The number of anilines is 1. The fourth-order valence-electron chi connectivity index (χ4n) is 2.94. The Hall–Kier alpha value is -1.93. The highest BCUT2D eigenvalue weighted by molar-refractivity contribution is 9.10. The number of benzene rings is 1. The maximum atomic E-state index is 5.55. The molecule has 0 saturated carbocycles. The van der Waals surface area contributed by atoms with E-state index in [9.17, 15) is 0 Å². The molecule has 0 amide bonds. The van der Waals surface area contributed by atoms with E-state index in [-0.39, 0.29) is 12.1 Å². The number of methoxy groups -OCH3 is 1. The highest BCUT2D eigenvalue weighted by atomic mass is 79.9. The second-order valence-electron chi connectivity index (χ2n) is 5.30. The predicted molar refractivity (Wildman–Crippen MR) is 91.9 cm³/mol. The summed E-state index contributed by atoms with van der Waals surface area (Å²) in [5.41, 5.74) is 1.07.